The molecule has 1 heterocycles. The van der Waals surface area contributed by atoms with Crippen LogP contribution in [-0.4, -0.2) is 21.9 Å². The molecular formula is C11H20ClN3. The van der Waals surface area contributed by atoms with Crippen LogP contribution in [0.2, 0.25) is 5.02 Å². The van der Waals surface area contributed by atoms with E-state index in [1.165, 1.54) is 0 Å². The topological polar surface area (TPSA) is 29.9 Å². The van der Waals surface area contributed by atoms with Gasteiger partial charge in [-0.15, -0.1) is 0 Å². The van der Waals surface area contributed by atoms with Gasteiger partial charge < -0.3 is 5.32 Å². The first kappa shape index (κ1) is 12.5. The number of aryl methyl sites for hydroxylation is 1. The maximum atomic E-state index is 5.96. The van der Waals surface area contributed by atoms with Gasteiger partial charge in [-0.1, -0.05) is 11.6 Å². The van der Waals surface area contributed by atoms with Gasteiger partial charge in [-0.2, -0.15) is 5.10 Å². The van der Waals surface area contributed by atoms with Crippen molar-refractivity contribution in [2.75, 3.05) is 6.54 Å². The zero-order valence-electron chi connectivity index (χ0n) is 10.1. The van der Waals surface area contributed by atoms with Crippen molar-refractivity contribution in [1.29, 1.82) is 0 Å². The summed E-state index contributed by atoms with van der Waals surface area (Å²) in [6.07, 6.45) is 1.88. The highest BCUT2D eigenvalue weighted by molar-refractivity contribution is 6.31. The van der Waals surface area contributed by atoms with E-state index in [-0.39, 0.29) is 5.54 Å². The van der Waals surface area contributed by atoms with E-state index >= 15 is 0 Å². The molecule has 0 aromatic carbocycles. The molecule has 1 aromatic rings. The number of hydrogen-bond acceptors (Lipinski definition) is 2. The Morgan fingerprint density at radius 3 is 2.53 bits per heavy atom. The van der Waals surface area contributed by atoms with Crippen LogP contribution < -0.4 is 5.32 Å². The summed E-state index contributed by atoms with van der Waals surface area (Å²) >= 11 is 5.96. The maximum absolute atomic E-state index is 5.96. The number of nitrogens with one attached hydrogen (secondary N) is 1. The first-order chi connectivity index (χ1) is 6.79. The van der Waals surface area contributed by atoms with Crippen molar-refractivity contribution in [3.8, 4) is 0 Å². The minimum Gasteiger partial charge on any atom is -0.310 e. The van der Waals surface area contributed by atoms with E-state index in [0.29, 0.717) is 6.04 Å². The predicted octanol–water partition coefficient (Wildman–Crippen LogP) is 2.79. The summed E-state index contributed by atoms with van der Waals surface area (Å²) < 4.78 is 1.91. The predicted molar refractivity (Wildman–Crippen MR) is 64.4 cm³/mol. The lowest BCUT2D eigenvalue weighted by atomic mass is 10.1. The molecule has 0 aliphatic carbocycles. The van der Waals surface area contributed by atoms with Gasteiger partial charge in [-0.05, 0) is 34.6 Å². The molecule has 0 aliphatic rings. The van der Waals surface area contributed by atoms with E-state index in [4.69, 9.17) is 11.6 Å². The monoisotopic (exact) mass is 229 g/mol. The number of hydrogen-bond donors (Lipinski definition) is 1. The number of nitrogens with zero attached hydrogens (tertiary/aromatic N) is 2. The van der Waals surface area contributed by atoms with Gasteiger partial charge in [0, 0.05) is 18.3 Å². The lowest BCUT2D eigenvalue weighted by Gasteiger charge is -2.23. The van der Waals surface area contributed by atoms with Gasteiger partial charge in [0.15, 0.2) is 0 Å². The van der Waals surface area contributed by atoms with Crippen molar-refractivity contribution in [3.63, 3.8) is 0 Å². The number of halogens is 1. The Morgan fingerprint density at radius 2 is 2.13 bits per heavy atom. The Bertz CT molecular complexity index is 306. The molecule has 0 bridgehead atoms. The van der Waals surface area contributed by atoms with Crippen LogP contribution >= 0.6 is 11.6 Å². The van der Waals surface area contributed by atoms with Gasteiger partial charge >= 0.3 is 0 Å². The van der Waals surface area contributed by atoms with Crippen molar-refractivity contribution >= 4 is 11.6 Å². The largest absolute Gasteiger partial charge is 0.310 e. The van der Waals surface area contributed by atoms with Crippen molar-refractivity contribution in [3.05, 3.63) is 16.9 Å². The fourth-order valence-electron chi connectivity index (χ4n) is 1.23. The zero-order chi connectivity index (χ0) is 11.6. The Hall–Kier alpha value is -0.540. The molecule has 0 spiro atoms. The van der Waals surface area contributed by atoms with Gasteiger partial charge in [0.2, 0.25) is 0 Å². The molecule has 0 saturated heterocycles. The Kier molecular flexibility index (Phi) is 3.79. The van der Waals surface area contributed by atoms with Gasteiger partial charge in [0.1, 0.15) is 0 Å². The van der Waals surface area contributed by atoms with Crippen LogP contribution in [0.15, 0.2) is 6.20 Å². The molecule has 1 unspecified atom stereocenters. The fourth-order valence-corrected chi connectivity index (χ4v) is 1.37. The first-order valence-electron chi connectivity index (χ1n) is 5.26. The minimum absolute atomic E-state index is 0.139. The molecule has 15 heavy (non-hydrogen) atoms. The van der Waals surface area contributed by atoms with E-state index in [2.05, 4.69) is 38.1 Å². The van der Waals surface area contributed by atoms with Crippen LogP contribution in [-0.2, 0) is 0 Å². The molecule has 1 N–H and O–H groups in total. The maximum Gasteiger partial charge on any atom is 0.0815 e. The summed E-state index contributed by atoms with van der Waals surface area (Å²) in [5, 5.41) is 8.53. The van der Waals surface area contributed by atoms with E-state index in [1.54, 1.807) is 0 Å². The second kappa shape index (κ2) is 4.54. The molecule has 0 aliphatic heterocycles. The molecule has 0 fully saturated rings. The summed E-state index contributed by atoms with van der Waals surface area (Å²) in [5.41, 5.74) is 1.03. The van der Waals surface area contributed by atoms with Crippen molar-refractivity contribution in [2.24, 2.45) is 0 Å². The highest BCUT2D eigenvalue weighted by Gasteiger charge is 2.13. The molecule has 4 heteroatoms. The third-order valence-electron chi connectivity index (χ3n) is 2.24. The van der Waals surface area contributed by atoms with Crippen molar-refractivity contribution < 1.29 is 0 Å². The van der Waals surface area contributed by atoms with Crippen LogP contribution in [0.5, 0.6) is 0 Å². The van der Waals surface area contributed by atoms with E-state index in [1.807, 2.05) is 17.8 Å². The summed E-state index contributed by atoms with van der Waals surface area (Å²) in [4.78, 5) is 0. The Morgan fingerprint density at radius 1 is 1.53 bits per heavy atom. The van der Waals surface area contributed by atoms with E-state index in [9.17, 15) is 0 Å². The Labute approximate surface area is 96.8 Å². The molecule has 0 radical (unpaired) electrons. The molecule has 0 saturated carbocycles. The molecule has 1 atom stereocenters. The van der Waals surface area contributed by atoms with E-state index in [0.717, 1.165) is 17.3 Å². The lowest BCUT2D eigenvalue weighted by Crippen LogP contribution is -2.39. The first-order valence-corrected chi connectivity index (χ1v) is 5.63. The highest BCUT2D eigenvalue weighted by Crippen LogP contribution is 2.15. The molecule has 1 rings (SSSR count). The molecule has 1 aromatic heterocycles. The lowest BCUT2D eigenvalue weighted by molar-refractivity contribution is 0.365. The minimum atomic E-state index is 0.139. The number of aromatic nitrogens is 2. The molecule has 86 valence electrons. The molecule has 0 amide bonds. The summed E-state index contributed by atoms with van der Waals surface area (Å²) in [6, 6.07) is 0.315. The smallest absolute Gasteiger partial charge is 0.0815 e. The average Bonchev–Trinajstić information content (AvgIpc) is 2.42. The van der Waals surface area contributed by atoms with Gasteiger partial charge in [0.05, 0.1) is 16.8 Å². The van der Waals surface area contributed by atoms with Crippen molar-refractivity contribution in [2.45, 2.75) is 46.2 Å². The SMILES string of the molecule is Cc1nn(C(C)CNC(C)(C)C)cc1Cl. The second-order valence-electron chi connectivity index (χ2n) is 5.02. The van der Waals surface area contributed by atoms with Crippen LogP contribution in [0.4, 0.5) is 0 Å². The van der Waals surface area contributed by atoms with Crippen LogP contribution in [0.1, 0.15) is 39.4 Å². The van der Waals surface area contributed by atoms with Gasteiger partial charge in [-0.25, -0.2) is 0 Å². The third kappa shape index (κ3) is 3.84. The summed E-state index contributed by atoms with van der Waals surface area (Å²) in [6.45, 7) is 11.4. The normalized spacial score (nSPS) is 14.3. The Balaban J connectivity index is 2.58. The summed E-state index contributed by atoms with van der Waals surface area (Å²) in [7, 11) is 0. The van der Waals surface area contributed by atoms with Gasteiger partial charge in [-0.3, -0.25) is 4.68 Å². The standard InChI is InChI=1S/C11H20ClN3/c1-8(6-13-11(3,4)5)15-7-10(12)9(2)14-15/h7-8,13H,6H2,1-5H3. The highest BCUT2D eigenvalue weighted by atomic mass is 35.5. The van der Waals surface area contributed by atoms with Crippen LogP contribution in [0, 0.1) is 6.92 Å². The van der Waals surface area contributed by atoms with Crippen LogP contribution in [0.3, 0.4) is 0 Å². The van der Waals surface area contributed by atoms with Crippen LogP contribution in [0.25, 0.3) is 0 Å². The fraction of sp³-hybridized carbons (Fsp3) is 0.727. The van der Waals surface area contributed by atoms with Gasteiger partial charge in [0.25, 0.3) is 0 Å². The quantitative estimate of drug-likeness (QED) is 0.864. The van der Waals surface area contributed by atoms with Crippen molar-refractivity contribution in [1.82, 2.24) is 15.1 Å². The summed E-state index contributed by atoms with van der Waals surface area (Å²) in [5.74, 6) is 0. The average molecular weight is 230 g/mol. The third-order valence-corrected chi connectivity index (χ3v) is 2.61. The zero-order valence-corrected chi connectivity index (χ0v) is 10.9. The van der Waals surface area contributed by atoms with E-state index < -0.39 is 0 Å². The molecular weight excluding hydrogens is 210 g/mol. The number of rotatable bonds is 3. The molecule has 3 nitrogen and oxygen atoms in total. The second-order valence-corrected chi connectivity index (χ2v) is 5.43.